The van der Waals surface area contributed by atoms with Crippen LogP contribution < -0.4 is 10.6 Å². The number of hydrogen-bond acceptors (Lipinski definition) is 5. The maximum absolute atomic E-state index is 11.5. The first-order chi connectivity index (χ1) is 8.65. The third-order valence-electron chi connectivity index (χ3n) is 1.97. The van der Waals surface area contributed by atoms with Gasteiger partial charge in [-0.25, -0.2) is 9.78 Å². The Balaban J connectivity index is 2.03. The van der Waals surface area contributed by atoms with Crippen molar-refractivity contribution in [3.63, 3.8) is 0 Å². The minimum atomic E-state index is -0.524. The minimum absolute atomic E-state index is 0.0814. The van der Waals surface area contributed by atoms with Gasteiger partial charge in [-0.05, 0) is 6.07 Å². The van der Waals surface area contributed by atoms with Gasteiger partial charge >= 0.3 is 6.03 Å². The molecule has 2 aromatic rings. The van der Waals surface area contributed by atoms with E-state index in [1.165, 1.54) is 29.5 Å². The number of carbonyl (C=O) groups is 1. The highest BCUT2D eigenvalue weighted by Gasteiger charge is 2.08. The molecule has 0 saturated carbocycles. The standard InChI is InChI=1S/C10H8N4O3S/c15-9(13-10-11-4-5-18-10)12-7-2-1-3-8(6-7)14(16)17/h1-6H,(H2,11,12,13,15). The molecule has 8 heteroatoms. The monoisotopic (exact) mass is 264 g/mol. The molecule has 2 amide bonds. The summed E-state index contributed by atoms with van der Waals surface area (Å²) in [6, 6.07) is 5.20. The predicted molar refractivity (Wildman–Crippen MR) is 67.9 cm³/mol. The van der Waals surface area contributed by atoms with E-state index in [4.69, 9.17) is 0 Å². The van der Waals surface area contributed by atoms with Gasteiger partial charge in [0.25, 0.3) is 5.69 Å². The number of urea groups is 1. The van der Waals surface area contributed by atoms with E-state index in [9.17, 15) is 14.9 Å². The van der Waals surface area contributed by atoms with Crippen molar-refractivity contribution in [3.05, 3.63) is 46.0 Å². The van der Waals surface area contributed by atoms with E-state index in [1.807, 2.05) is 0 Å². The van der Waals surface area contributed by atoms with Crippen molar-refractivity contribution in [1.82, 2.24) is 4.98 Å². The first-order valence-corrected chi connectivity index (χ1v) is 5.75. The zero-order valence-corrected chi connectivity index (χ0v) is 9.81. The second-order valence-corrected chi connectivity index (χ2v) is 4.12. The van der Waals surface area contributed by atoms with E-state index >= 15 is 0 Å². The number of amides is 2. The Labute approximate surface area is 106 Å². The van der Waals surface area contributed by atoms with Crippen molar-refractivity contribution in [1.29, 1.82) is 0 Å². The number of nitrogens with zero attached hydrogens (tertiary/aromatic N) is 2. The van der Waals surface area contributed by atoms with Gasteiger partial charge in [-0.15, -0.1) is 11.3 Å². The molecule has 2 N–H and O–H groups in total. The van der Waals surface area contributed by atoms with Gasteiger partial charge in [0.15, 0.2) is 5.13 Å². The number of benzene rings is 1. The topological polar surface area (TPSA) is 97.2 Å². The van der Waals surface area contributed by atoms with Crippen LogP contribution in [-0.4, -0.2) is 15.9 Å². The summed E-state index contributed by atoms with van der Waals surface area (Å²) in [5.41, 5.74) is 0.264. The maximum Gasteiger partial charge on any atom is 0.325 e. The normalized spacial score (nSPS) is 9.78. The largest absolute Gasteiger partial charge is 0.325 e. The maximum atomic E-state index is 11.5. The van der Waals surface area contributed by atoms with Crippen LogP contribution in [0.1, 0.15) is 0 Å². The smallest absolute Gasteiger partial charge is 0.307 e. The van der Waals surface area contributed by atoms with E-state index in [2.05, 4.69) is 15.6 Å². The van der Waals surface area contributed by atoms with Crippen LogP contribution in [0.2, 0.25) is 0 Å². The van der Waals surface area contributed by atoms with Crippen LogP contribution in [-0.2, 0) is 0 Å². The summed E-state index contributed by atoms with van der Waals surface area (Å²) in [4.78, 5) is 25.5. The summed E-state index contributed by atoms with van der Waals surface area (Å²) in [6.07, 6.45) is 1.56. The number of rotatable bonds is 3. The average molecular weight is 264 g/mol. The number of aromatic nitrogens is 1. The van der Waals surface area contributed by atoms with E-state index in [1.54, 1.807) is 17.6 Å². The molecule has 0 aliphatic rings. The van der Waals surface area contributed by atoms with Crippen LogP contribution in [0, 0.1) is 10.1 Å². The molecule has 7 nitrogen and oxygen atoms in total. The number of hydrogen-bond donors (Lipinski definition) is 2. The molecule has 0 aliphatic carbocycles. The summed E-state index contributed by atoms with van der Waals surface area (Å²) >= 11 is 1.28. The van der Waals surface area contributed by atoms with Gasteiger partial charge in [-0.1, -0.05) is 6.07 Å². The molecule has 1 heterocycles. The van der Waals surface area contributed by atoms with Crippen LogP contribution in [0.3, 0.4) is 0 Å². The number of nitro benzene ring substituents is 1. The van der Waals surface area contributed by atoms with Gasteiger partial charge in [0.05, 0.1) is 4.92 Å². The fourth-order valence-electron chi connectivity index (χ4n) is 1.24. The number of carbonyl (C=O) groups excluding carboxylic acids is 1. The molecule has 92 valence electrons. The molecular weight excluding hydrogens is 256 g/mol. The number of nitrogens with one attached hydrogen (secondary N) is 2. The lowest BCUT2D eigenvalue weighted by Gasteiger charge is -2.04. The molecule has 1 aromatic heterocycles. The molecule has 0 spiro atoms. The number of thiazole rings is 1. The van der Waals surface area contributed by atoms with Gasteiger partial charge in [0, 0.05) is 29.4 Å². The number of non-ortho nitro benzene ring substituents is 1. The second-order valence-electron chi connectivity index (χ2n) is 3.22. The van der Waals surface area contributed by atoms with Gasteiger partial charge < -0.3 is 5.32 Å². The third kappa shape index (κ3) is 3.01. The predicted octanol–water partition coefficient (Wildman–Crippen LogP) is 2.70. The third-order valence-corrected chi connectivity index (χ3v) is 2.66. The quantitative estimate of drug-likeness (QED) is 0.657. The lowest BCUT2D eigenvalue weighted by molar-refractivity contribution is -0.384. The molecule has 0 unspecified atom stereocenters. The van der Waals surface area contributed by atoms with Gasteiger partial charge in [-0.3, -0.25) is 15.4 Å². The molecule has 0 radical (unpaired) electrons. The van der Waals surface area contributed by atoms with Crippen molar-refractivity contribution < 1.29 is 9.72 Å². The van der Waals surface area contributed by atoms with E-state index < -0.39 is 11.0 Å². The molecule has 2 rings (SSSR count). The molecule has 0 saturated heterocycles. The van der Waals surface area contributed by atoms with Gasteiger partial charge in [-0.2, -0.15) is 0 Å². The van der Waals surface area contributed by atoms with Gasteiger partial charge in [0.2, 0.25) is 0 Å². The Hall–Kier alpha value is -2.48. The average Bonchev–Trinajstić information content (AvgIpc) is 2.82. The highest BCUT2D eigenvalue weighted by Crippen LogP contribution is 2.17. The second kappa shape index (κ2) is 5.23. The zero-order valence-electron chi connectivity index (χ0n) is 8.99. The lowest BCUT2D eigenvalue weighted by Crippen LogP contribution is -2.19. The van der Waals surface area contributed by atoms with E-state index in [0.717, 1.165) is 0 Å². The highest BCUT2D eigenvalue weighted by atomic mass is 32.1. The Kier molecular flexibility index (Phi) is 3.49. The Morgan fingerprint density at radius 1 is 1.39 bits per heavy atom. The van der Waals surface area contributed by atoms with Crippen molar-refractivity contribution in [3.8, 4) is 0 Å². The van der Waals surface area contributed by atoms with E-state index in [-0.39, 0.29) is 5.69 Å². The van der Waals surface area contributed by atoms with Crippen LogP contribution >= 0.6 is 11.3 Å². The summed E-state index contributed by atoms with van der Waals surface area (Å²) in [6.45, 7) is 0. The van der Waals surface area contributed by atoms with Crippen molar-refractivity contribution in [2.45, 2.75) is 0 Å². The molecule has 1 aromatic carbocycles. The lowest BCUT2D eigenvalue weighted by atomic mass is 10.3. The van der Waals surface area contributed by atoms with Crippen LogP contribution in [0.4, 0.5) is 21.3 Å². The number of anilines is 2. The highest BCUT2D eigenvalue weighted by molar-refractivity contribution is 7.13. The Morgan fingerprint density at radius 3 is 2.89 bits per heavy atom. The number of nitro groups is 1. The van der Waals surface area contributed by atoms with Gasteiger partial charge in [0.1, 0.15) is 0 Å². The summed E-state index contributed by atoms with van der Waals surface area (Å²) in [5.74, 6) is 0. The fraction of sp³-hybridized carbons (Fsp3) is 0. The molecular formula is C10H8N4O3S. The molecule has 0 fully saturated rings. The van der Waals surface area contributed by atoms with E-state index in [0.29, 0.717) is 10.8 Å². The Morgan fingerprint density at radius 2 is 2.22 bits per heavy atom. The molecule has 0 bridgehead atoms. The molecule has 18 heavy (non-hydrogen) atoms. The summed E-state index contributed by atoms with van der Waals surface area (Å²) in [7, 11) is 0. The van der Waals surface area contributed by atoms with Crippen molar-refractivity contribution in [2.24, 2.45) is 0 Å². The first-order valence-electron chi connectivity index (χ1n) is 4.87. The van der Waals surface area contributed by atoms with Crippen LogP contribution in [0.25, 0.3) is 0 Å². The zero-order chi connectivity index (χ0) is 13.0. The summed E-state index contributed by atoms with van der Waals surface area (Å²) in [5, 5.41) is 17.7. The molecule has 0 aliphatic heterocycles. The van der Waals surface area contributed by atoms with Crippen molar-refractivity contribution >= 4 is 33.9 Å². The molecule has 0 atom stereocenters. The first kappa shape index (κ1) is 12.0. The fourth-order valence-corrected chi connectivity index (χ4v) is 1.77. The minimum Gasteiger partial charge on any atom is -0.307 e. The Bertz CT molecular complexity index is 570. The van der Waals surface area contributed by atoms with Crippen LogP contribution in [0.15, 0.2) is 35.8 Å². The summed E-state index contributed by atoms with van der Waals surface area (Å²) < 4.78 is 0. The van der Waals surface area contributed by atoms with Crippen LogP contribution in [0.5, 0.6) is 0 Å². The van der Waals surface area contributed by atoms with Crippen molar-refractivity contribution in [2.75, 3.05) is 10.6 Å². The SMILES string of the molecule is O=C(Nc1cccc([N+](=O)[O-])c1)Nc1nccs1.